The fourth-order valence-corrected chi connectivity index (χ4v) is 1.97. The number of aryl methyl sites for hydroxylation is 1. The van der Waals surface area contributed by atoms with Crippen LogP contribution >= 0.6 is 0 Å². The molecule has 0 aromatic carbocycles. The summed E-state index contributed by atoms with van der Waals surface area (Å²) in [6.07, 6.45) is 7.69. The molecule has 0 saturated heterocycles. The van der Waals surface area contributed by atoms with Gasteiger partial charge in [-0.25, -0.2) is 0 Å². The first-order chi connectivity index (χ1) is 7.96. The van der Waals surface area contributed by atoms with Gasteiger partial charge in [0.1, 0.15) is 0 Å². The molecule has 0 radical (unpaired) electrons. The van der Waals surface area contributed by atoms with Gasteiger partial charge in [0.05, 0.1) is 6.20 Å². The van der Waals surface area contributed by atoms with Crippen molar-refractivity contribution in [2.24, 2.45) is 5.41 Å². The molecule has 0 aliphatic carbocycles. The summed E-state index contributed by atoms with van der Waals surface area (Å²) in [7, 11) is 2.03. The van der Waals surface area contributed by atoms with Gasteiger partial charge in [0.25, 0.3) is 0 Å². The van der Waals surface area contributed by atoms with E-state index in [4.69, 9.17) is 0 Å². The molecule has 1 heterocycles. The maximum atomic E-state index is 4.40. The van der Waals surface area contributed by atoms with Crippen LogP contribution in [-0.4, -0.2) is 16.8 Å². The molecule has 0 bridgehead atoms. The Morgan fingerprint density at radius 3 is 2.65 bits per heavy atom. The van der Waals surface area contributed by atoms with E-state index in [2.05, 4.69) is 44.3 Å². The van der Waals surface area contributed by atoms with Crippen LogP contribution in [0.25, 0.3) is 0 Å². The van der Waals surface area contributed by atoms with Crippen LogP contribution in [0.2, 0.25) is 0 Å². The predicted octanol–water partition coefficient (Wildman–Crippen LogP) is 3.38. The van der Waals surface area contributed by atoms with Gasteiger partial charge in [0.2, 0.25) is 0 Å². The fraction of sp³-hybridized carbons (Fsp3) is 0.786. The lowest BCUT2D eigenvalue weighted by atomic mass is 9.88. The molecule has 1 unspecified atom stereocenters. The third kappa shape index (κ3) is 4.90. The summed E-state index contributed by atoms with van der Waals surface area (Å²) in [6, 6.07) is 0.430. The van der Waals surface area contributed by atoms with Gasteiger partial charge >= 0.3 is 0 Å². The molecule has 0 aliphatic heterocycles. The van der Waals surface area contributed by atoms with E-state index in [0.717, 1.165) is 19.4 Å². The molecule has 17 heavy (non-hydrogen) atoms. The van der Waals surface area contributed by atoms with Crippen LogP contribution in [-0.2, 0) is 6.54 Å². The Morgan fingerprint density at radius 2 is 2.12 bits per heavy atom. The summed E-state index contributed by atoms with van der Waals surface area (Å²) in [4.78, 5) is 0. The molecule has 0 amide bonds. The first-order valence-corrected chi connectivity index (χ1v) is 6.66. The highest BCUT2D eigenvalue weighted by Gasteiger charge is 2.16. The van der Waals surface area contributed by atoms with Crippen LogP contribution in [0.5, 0.6) is 0 Å². The average Bonchev–Trinajstić information content (AvgIpc) is 2.66. The molecule has 0 fully saturated rings. The van der Waals surface area contributed by atoms with Gasteiger partial charge in [-0.2, -0.15) is 5.10 Å². The number of nitrogens with one attached hydrogen (secondary N) is 1. The van der Waals surface area contributed by atoms with Crippen molar-refractivity contribution in [1.29, 1.82) is 0 Å². The van der Waals surface area contributed by atoms with E-state index < -0.39 is 0 Å². The Bertz CT molecular complexity index is 322. The summed E-state index contributed by atoms with van der Waals surface area (Å²) >= 11 is 0. The predicted molar refractivity (Wildman–Crippen MR) is 73.0 cm³/mol. The molecular weight excluding hydrogens is 210 g/mol. The molecular formula is C14H27N3. The average molecular weight is 237 g/mol. The summed E-state index contributed by atoms with van der Waals surface area (Å²) < 4.78 is 2.04. The van der Waals surface area contributed by atoms with Gasteiger partial charge in [-0.3, -0.25) is 4.68 Å². The molecule has 1 rings (SSSR count). The van der Waals surface area contributed by atoms with Gasteiger partial charge in [0.15, 0.2) is 0 Å². The molecule has 1 aromatic rings. The van der Waals surface area contributed by atoms with Crippen molar-refractivity contribution >= 4 is 0 Å². The van der Waals surface area contributed by atoms with Gasteiger partial charge in [-0.1, -0.05) is 27.7 Å². The lowest BCUT2D eigenvalue weighted by Gasteiger charge is -2.22. The topological polar surface area (TPSA) is 29.9 Å². The highest BCUT2D eigenvalue weighted by Crippen LogP contribution is 2.26. The summed E-state index contributed by atoms with van der Waals surface area (Å²) in [5, 5.41) is 7.79. The van der Waals surface area contributed by atoms with Crippen LogP contribution in [0.3, 0.4) is 0 Å². The van der Waals surface area contributed by atoms with Crippen LogP contribution in [0, 0.1) is 5.41 Å². The maximum Gasteiger partial charge on any atom is 0.0537 e. The third-order valence-corrected chi connectivity index (χ3v) is 3.04. The largest absolute Gasteiger partial charge is 0.313 e. The van der Waals surface area contributed by atoms with Gasteiger partial charge in [-0.15, -0.1) is 0 Å². The zero-order chi connectivity index (χ0) is 12.9. The maximum absolute atomic E-state index is 4.40. The first-order valence-electron chi connectivity index (χ1n) is 6.66. The normalized spacial score (nSPS) is 13.9. The van der Waals surface area contributed by atoms with E-state index >= 15 is 0 Å². The van der Waals surface area contributed by atoms with Crippen molar-refractivity contribution in [2.45, 2.75) is 59.5 Å². The molecule has 98 valence electrons. The minimum Gasteiger partial charge on any atom is -0.313 e. The fourth-order valence-electron chi connectivity index (χ4n) is 1.97. The van der Waals surface area contributed by atoms with E-state index in [0.29, 0.717) is 11.5 Å². The molecule has 1 N–H and O–H groups in total. The standard InChI is InChI=1S/C14H27N3/c1-6-9-17-11-12(10-16-17)13(15-5)7-8-14(2,3)4/h10-11,13,15H,6-9H2,1-5H3. The smallest absolute Gasteiger partial charge is 0.0537 e. The second-order valence-electron chi connectivity index (χ2n) is 5.98. The molecule has 0 aliphatic rings. The van der Waals surface area contributed by atoms with Crippen molar-refractivity contribution in [2.75, 3.05) is 7.05 Å². The molecule has 0 saturated carbocycles. The third-order valence-electron chi connectivity index (χ3n) is 3.04. The number of hydrogen-bond acceptors (Lipinski definition) is 2. The lowest BCUT2D eigenvalue weighted by Crippen LogP contribution is -2.18. The molecule has 3 nitrogen and oxygen atoms in total. The SMILES string of the molecule is CCCn1cc(C(CCC(C)(C)C)NC)cn1. The van der Waals surface area contributed by atoms with Crippen molar-refractivity contribution in [3.63, 3.8) is 0 Å². The van der Waals surface area contributed by atoms with E-state index in [-0.39, 0.29) is 0 Å². The zero-order valence-electron chi connectivity index (χ0n) is 12.0. The molecule has 0 spiro atoms. The van der Waals surface area contributed by atoms with Gasteiger partial charge in [0, 0.05) is 24.3 Å². The lowest BCUT2D eigenvalue weighted by molar-refractivity contribution is 0.338. The van der Waals surface area contributed by atoms with Crippen LogP contribution < -0.4 is 5.32 Å². The van der Waals surface area contributed by atoms with E-state index in [1.807, 2.05) is 17.9 Å². The second-order valence-corrected chi connectivity index (χ2v) is 5.98. The molecule has 3 heteroatoms. The Labute approximate surface area is 106 Å². The summed E-state index contributed by atoms with van der Waals surface area (Å²) in [5.41, 5.74) is 1.71. The van der Waals surface area contributed by atoms with Crippen molar-refractivity contribution in [1.82, 2.24) is 15.1 Å². The Morgan fingerprint density at radius 1 is 1.41 bits per heavy atom. The van der Waals surface area contributed by atoms with E-state index in [9.17, 15) is 0 Å². The molecule has 1 atom stereocenters. The number of aromatic nitrogens is 2. The van der Waals surface area contributed by atoms with Crippen molar-refractivity contribution in [3.05, 3.63) is 18.0 Å². The summed E-state index contributed by atoms with van der Waals surface area (Å²) in [6.45, 7) is 10.1. The highest BCUT2D eigenvalue weighted by atomic mass is 15.3. The zero-order valence-corrected chi connectivity index (χ0v) is 12.0. The number of hydrogen-bond donors (Lipinski definition) is 1. The minimum absolute atomic E-state index is 0.397. The first kappa shape index (κ1) is 14.2. The van der Waals surface area contributed by atoms with E-state index in [1.165, 1.54) is 12.0 Å². The summed E-state index contributed by atoms with van der Waals surface area (Å²) in [5.74, 6) is 0. The Kier molecular flexibility index (Phi) is 5.19. The van der Waals surface area contributed by atoms with Crippen LogP contribution in [0.4, 0.5) is 0 Å². The van der Waals surface area contributed by atoms with Crippen LogP contribution in [0.15, 0.2) is 12.4 Å². The van der Waals surface area contributed by atoms with Gasteiger partial charge < -0.3 is 5.32 Å². The van der Waals surface area contributed by atoms with Crippen LogP contribution in [0.1, 0.15) is 58.6 Å². The van der Waals surface area contributed by atoms with Gasteiger partial charge in [-0.05, 0) is 31.7 Å². The van der Waals surface area contributed by atoms with Crippen molar-refractivity contribution in [3.8, 4) is 0 Å². The van der Waals surface area contributed by atoms with Crippen molar-refractivity contribution < 1.29 is 0 Å². The van der Waals surface area contributed by atoms with E-state index in [1.54, 1.807) is 0 Å². The Balaban J connectivity index is 2.59. The Hall–Kier alpha value is -0.830. The monoisotopic (exact) mass is 237 g/mol. The number of nitrogens with zero attached hydrogens (tertiary/aromatic N) is 2. The molecule has 1 aromatic heterocycles. The quantitative estimate of drug-likeness (QED) is 0.822. The highest BCUT2D eigenvalue weighted by molar-refractivity contribution is 5.10. The minimum atomic E-state index is 0.397. The number of rotatable bonds is 6. The second kappa shape index (κ2) is 6.20.